The first kappa shape index (κ1) is 30.3. The van der Waals surface area contributed by atoms with Crippen molar-refractivity contribution in [1.82, 2.24) is 4.98 Å². The van der Waals surface area contributed by atoms with Gasteiger partial charge < -0.3 is 18.2 Å². The van der Waals surface area contributed by atoms with E-state index in [0.29, 0.717) is 11.5 Å². The van der Waals surface area contributed by atoms with Gasteiger partial charge in [-0.15, -0.1) is 0 Å². The molecule has 3 aromatic heterocycles. The zero-order chi connectivity index (χ0) is 35.6. The predicted molar refractivity (Wildman–Crippen MR) is 220 cm³/mol. The highest BCUT2D eigenvalue weighted by molar-refractivity contribution is 6.14. The molecule has 54 heavy (non-hydrogen) atoms. The first-order chi connectivity index (χ1) is 26.7. The molecule has 0 radical (unpaired) electrons. The summed E-state index contributed by atoms with van der Waals surface area (Å²) in [6.45, 7) is 0. The lowest BCUT2D eigenvalue weighted by Crippen LogP contribution is -2.10. The van der Waals surface area contributed by atoms with Gasteiger partial charge in [-0.2, -0.15) is 0 Å². The van der Waals surface area contributed by atoms with Gasteiger partial charge in [-0.1, -0.05) is 115 Å². The number of furan rings is 2. The van der Waals surface area contributed by atoms with Gasteiger partial charge in [-0.25, -0.2) is 4.98 Å². The highest BCUT2D eigenvalue weighted by Crippen LogP contribution is 2.44. The van der Waals surface area contributed by atoms with Gasteiger partial charge in [0.15, 0.2) is 5.58 Å². The smallest absolute Gasteiger partial charge is 0.227 e. The Morgan fingerprint density at radius 1 is 0.389 bits per heavy atom. The zero-order valence-electron chi connectivity index (χ0n) is 28.9. The topological polar surface area (TPSA) is 55.6 Å². The van der Waals surface area contributed by atoms with E-state index in [2.05, 4.69) is 126 Å². The Labute approximate surface area is 309 Å². The van der Waals surface area contributed by atoms with Gasteiger partial charge in [0.1, 0.15) is 27.8 Å². The van der Waals surface area contributed by atoms with Crippen molar-refractivity contribution in [3.63, 3.8) is 0 Å². The summed E-state index contributed by atoms with van der Waals surface area (Å²) in [4.78, 5) is 7.13. The number of nitrogens with zero attached hydrogens (tertiary/aromatic N) is 2. The molecule has 5 nitrogen and oxygen atoms in total. The second-order valence-corrected chi connectivity index (χ2v) is 13.5. The molecule has 0 unspecified atom stereocenters. The van der Waals surface area contributed by atoms with E-state index in [0.717, 1.165) is 83.1 Å². The SMILES string of the molecule is c1ccc(-c2ccc(N(c3ccc(-c4cccc5c4oc4cc6oc(-c7ccccc7)nc6cc45)cc3)c3cccc4oc5ccccc5c34)cc2)cc1. The Hall–Kier alpha value is -7.37. The Kier molecular flexibility index (Phi) is 6.79. The second-order valence-electron chi connectivity index (χ2n) is 13.5. The maximum Gasteiger partial charge on any atom is 0.227 e. The van der Waals surface area contributed by atoms with Crippen molar-refractivity contribution < 1.29 is 13.3 Å². The third-order valence-corrected chi connectivity index (χ3v) is 10.3. The fourth-order valence-electron chi connectivity index (χ4n) is 7.74. The lowest BCUT2D eigenvalue weighted by Gasteiger charge is -2.26. The molecule has 254 valence electrons. The Morgan fingerprint density at radius 3 is 1.80 bits per heavy atom. The number of anilines is 3. The molecule has 0 saturated heterocycles. The predicted octanol–water partition coefficient (Wildman–Crippen LogP) is 14.1. The summed E-state index contributed by atoms with van der Waals surface area (Å²) in [5.74, 6) is 0.599. The number of rotatable bonds is 6. The fraction of sp³-hybridized carbons (Fsp3) is 0. The summed E-state index contributed by atoms with van der Waals surface area (Å²) in [7, 11) is 0. The van der Waals surface area contributed by atoms with Crippen molar-refractivity contribution in [2.45, 2.75) is 0 Å². The number of fused-ring (bicyclic) bond motifs is 7. The van der Waals surface area contributed by atoms with E-state index in [1.807, 2.05) is 60.7 Å². The highest BCUT2D eigenvalue weighted by atomic mass is 16.4. The monoisotopic (exact) mass is 694 g/mol. The largest absolute Gasteiger partial charge is 0.456 e. The summed E-state index contributed by atoms with van der Waals surface area (Å²) in [5.41, 5.74) is 13.3. The molecule has 0 fully saturated rings. The summed E-state index contributed by atoms with van der Waals surface area (Å²) in [5, 5.41) is 4.21. The minimum atomic E-state index is 0.599. The normalized spacial score (nSPS) is 11.7. The van der Waals surface area contributed by atoms with Gasteiger partial charge in [0.05, 0.1) is 11.1 Å². The van der Waals surface area contributed by atoms with E-state index in [1.165, 1.54) is 11.1 Å². The van der Waals surface area contributed by atoms with E-state index in [1.54, 1.807) is 0 Å². The lowest BCUT2D eigenvalue weighted by atomic mass is 10.0. The van der Waals surface area contributed by atoms with Crippen molar-refractivity contribution in [3.8, 4) is 33.7 Å². The van der Waals surface area contributed by atoms with Crippen molar-refractivity contribution in [2.24, 2.45) is 0 Å². The molecule has 11 rings (SSSR count). The van der Waals surface area contributed by atoms with Crippen LogP contribution in [0.25, 0.3) is 88.7 Å². The Morgan fingerprint density at radius 2 is 1.02 bits per heavy atom. The van der Waals surface area contributed by atoms with Crippen LogP contribution in [0.4, 0.5) is 17.1 Å². The van der Waals surface area contributed by atoms with E-state index >= 15 is 0 Å². The van der Waals surface area contributed by atoms with Gasteiger partial charge in [-0.05, 0) is 77.4 Å². The molecule has 5 heteroatoms. The van der Waals surface area contributed by atoms with Crippen LogP contribution in [0.5, 0.6) is 0 Å². The highest BCUT2D eigenvalue weighted by Gasteiger charge is 2.21. The number of hydrogen-bond acceptors (Lipinski definition) is 5. The molecule has 0 saturated carbocycles. The van der Waals surface area contributed by atoms with Crippen LogP contribution >= 0.6 is 0 Å². The minimum absolute atomic E-state index is 0.599. The van der Waals surface area contributed by atoms with Crippen LogP contribution in [0.2, 0.25) is 0 Å². The van der Waals surface area contributed by atoms with E-state index in [-0.39, 0.29) is 0 Å². The number of hydrogen-bond donors (Lipinski definition) is 0. The summed E-state index contributed by atoms with van der Waals surface area (Å²) < 4.78 is 19.1. The molecule has 0 amide bonds. The zero-order valence-corrected chi connectivity index (χ0v) is 28.9. The summed E-state index contributed by atoms with van der Waals surface area (Å²) in [6, 6.07) is 62.8. The first-order valence-corrected chi connectivity index (χ1v) is 18.0. The van der Waals surface area contributed by atoms with Crippen LogP contribution in [0.3, 0.4) is 0 Å². The molecule has 0 bridgehead atoms. The van der Waals surface area contributed by atoms with Crippen LogP contribution < -0.4 is 4.90 Å². The molecule has 11 aromatic rings. The first-order valence-electron chi connectivity index (χ1n) is 18.0. The van der Waals surface area contributed by atoms with Crippen LogP contribution in [0, 0.1) is 0 Å². The van der Waals surface area contributed by atoms with E-state index in [4.69, 9.17) is 18.2 Å². The van der Waals surface area contributed by atoms with Crippen molar-refractivity contribution in [2.75, 3.05) is 4.90 Å². The molecular weight excluding hydrogens is 665 g/mol. The Balaban J connectivity index is 1.02. The summed E-state index contributed by atoms with van der Waals surface area (Å²) in [6.07, 6.45) is 0. The average molecular weight is 695 g/mol. The third-order valence-electron chi connectivity index (χ3n) is 10.3. The average Bonchev–Trinajstić information content (AvgIpc) is 3.94. The molecule has 8 aromatic carbocycles. The van der Waals surface area contributed by atoms with Crippen molar-refractivity contribution >= 4 is 72.0 Å². The van der Waals surface area contributed by atoms with Gasteiger partial charge in [0.2, 0.25) is 5.89 Å². The van der Waals surface area contributed by atoms with Gasteiger partial charge in [-0.3, -0.25) is 0 Å². The van der Waals surface area contributed by atoms with Gasteiger partial charge in [0.25, 0.3) is 0 Å². The van der Waals surface area contributed by atoms with E-state index < -0.39 is 0 Å². The van der Waals surface area contributed by atoms with Crippen molar-refractivity contribution in [1.29, 1.82) is 0 Å². The fourth-order valence-corrected chi connectivity index (χ4v) is 7.74. The molecular formula is C49H30N2O3. The minimum Gasteiger partial charge on any atom is -0.456 e. The molecule has 0 spiro atoms. The van der Waals surface area contributed by atoms with E-state index in [9.17, 15) is 0 Å². The molecule has 3 heterocycles. The molecule has 0 aliphatic rings. The molecule has 0 aliphatic carbocycles. The maximum atomic E-state index is 6.60. The molecule has 0 aliphatic heterocycles. The number of benzene rings is 8. The number of oxazole rings is 1. The third kappa shape index (κ3) is 4.90. The van der Waals surface area contributed by atoms with Gasteiger partial charge in [0, 0.05) is 44.7 Å². The van der Waals surface area contributed by atoms with Gasteiger partial charge >= 0.3 is 0 Å². The van der Waals surface area contributed by atoms with Crippen LogP contribution in [-0.4, -0.2) is 4.98 Å². The lowest BCUT2D eigenvalue weighted by molar-refractivity contribution is 0.617. The molecule has 0 atom stereocenters. The van der Waals surface area contributed by atoms with Crippen LogP contribution in [0.15, 0.2) is 195 Å². The van der Waals surface area contributed by atoms with Crippen LogP contribution in [0.1, 0.15) is 0 Å². The molecule has 0 N–H and O–H groups in total. The number of aromatic nitrogens is 1. The Bertz CT molecular complexity index is 3140. The summed E-state index contributed by atoms with van der Waals surface area (Å²) >= 11 is 0. The second kappa shape index (κ2) is 12.1. The van der Waals surface area contributed by atoms with Crippen LogP contribution in [-0.2, 0) is 0 Å². The quantitative estimate of drug-likeness (QED) is 0.173. The van der Waals surface area contributed by atoms with Crippen molar-refractivity contribution in [3.05, 3.63) is 182 Å². The maximum absolute atomic E-state index is 6.60. The standard InChI is InChI=1S/C49H30N2O3/c1-3-11-31(12-4-1)32-21-25-35(26-22-32)51(42-18-10-20-44-47(42)39-15-7-8-19-43(39)52-44)36-27-23-33(24-28-36)37-16-9-17-38-40-29-41-46(30-45(40)53-48(37)38)54-49(50-41)34-13-5-2-6-14-34/h1-30H. The number of para-hydroxylation sites is 2.